The lowest BCUT2D eigenvalue weighted by atomic mass is 9.99. The first-order valence-electron chi connectivity index (χ1n) is 6.24. The number of halogens is 1. The molecule has 0 aliphatic carbocycles. The van der Waals surface area contributed by atoms with Crippen LogP contribution in [0.15, 0.2) is 54.6 Å². The van der Waals surface area contributed by atoms with E-state index in [1.54, 1.807) is 0 Å². The molecule has 0 nitrogen and oxygen atoms in total. The van der Waals surface area contributed by atoms with Crippen molar-refractivity contribution in [3.8, 4) is 0 Å². The highest BCUT2D eigenvalue weighted by atomic mass is 19.1. The third-order valence-corrected chi connectivity index (χ3v) is 3.00. The van der Waals surface area contributed by atoms with Gasteiger partial charge in [-0.1, -0.05) is 48.6 Å². The van der Waals surface area contributed by atoms with Crippen LogP contribution in [0.25, 0.3) is 6.08 Å². The fraction of sp³-hybridized carbons (Fsp3) is 0.176. The normalized spacial score (nSPS) is 11.0. The summed E-state index contributed by atoms with van der Waals surface area (Å²) in [7, 11) is 0. The second-order valence-electron chi connectivity index (χ2n) is 4.33. The minimum Gasteiger partial charge on any atom is -0.207 e. The number of aryl methyl sites for hydroxylation is 2. The Morgan fingerprint density at radius 3 is 2.39 bits per heavy atom. The second-order valence-corrected chi connectivity index (χ2v) is 4.33. The molecule has 0 saturated carbocycles. The third-order valence-electron chi connectivity index (χ3n) is 3.00. The van der Waals surface area contributed by atoms with Gasteiger partial charge in [0, 0.05) is 0 Å². The van der Waals surface area contributed by atoms with Crippen LogP contribution in [-0.4, -0.2) is 0 Å². The molecule has 2 rings (SSSR count). The number of benzene rings is 2. The van der Waals surface area contributed by atoms with E-state index in [-0.39, 0.29) is 5.82 Å². The quantitative estimate of drug-likeness (QED) is 0.730. The molecule has 2 aromatic rings. The van der Waals surface area contributed by atoms with Crippen LogP contribution in [0.3, 0.4) is 0 Å². The summed E-state index contributed by atoms with van der Waals surface area (Å²) < 4.78 is 12.8. The maximum absolute atomic E-state index is 12.8. The summed E-state index contributed by atoms with van der Waals surface area (Å²) in [6.45, 7) is 2.02. The largest absolute Gasteiger partial charge is 0.207 e. The van der Waals surface area contributed by atoms with Crippen molar-refractivity contribution in [3.63, 3.8) is 0 Å². The number of hydrogen-bond donors (Lipinski definition) is 0. The van der Waals surface area contributed by atoms with Gasteiger partial charge in [0.05, 0.1) is 0 Å². The van der Waals surface area contributed by atoms with Crippen LogP contribution in [0.5, 0.6) is 0 Å². The van der Waals surface area contributed by atoms with Crippen LogP contribution >= 0.6 is 0 Å². The van der Waals surface area contributed by atoms with Gasteiger partial charge in [0.1, 0.15) is 5.82 Å². The van der Waals surface area contributed by atoms with Crippen molar-refractivity contribution in [1.29, 1.82) is 0 Å². The zero-order chi connectivity index (χ0) is 12.8. The zero-order valence-electron chi connectivity index (χ0n) is 10.6. The van der Waals surface area contributed by atoms with Crippen molar-refractivity contribution in [1.82, 2.24) is 0 Å². The Morgan fingerprint density at radius 2 is 1.67 bits per heavy atom. The van der Waals surface area contributed by atoms with E-state index in [1.807, 2.05) is 19.1 Å². The van der Waals surface area contributed by atoms with E-state index in [1.165, 1.54) is 28.8 Å². The van der Waals surface area contributed by atoms with Crippen molar-refractivity contribution in [2.75, 3.05) is 0 Å². The van der Waals surface area contributed by atoms with Crippen molar-refractivity contribution >= 4 is 6.08 Å². The highest BCUT2D eigenvalue weighted by molar-refractivity contribution is 5.53. The van der Waals surface area contributed by atoms with Gasteiger partial charge in [-0.05, 0) is 48.6 Å². The molecule has 0 heterocycles. The molecule has 0 aliphatic rings. The van der Waals surface area contributed by atoms with E-state index in [2.05, 4.69) is 36.4 Å². The van der Waals surface area contributed by atoms with Gasteiger partial charge in [0.2, 0.25) is 0 Å². The standard InChI is InChI=1S/C17H17F/c1-2-5-15-6-3-4-7-16(15)11-8-14-9-12-17(18)13-10-14/h2-7,9-10,12-13H,8,11H2,1H3/b5-2-. The highest BCUT2D eigenvalue weighted by Gasteiger charge is 2.00. The smallest absolute Gasteiger partial charge is 0.123 e. The van der Waals surface area contributed by atoms with Crippen LogP contribution in [0.4, 0.5) is 4.39 Å². The molecule has 0 radical (unpaired) electrons. The summed E-state index contributed by atoms with van der Waals surface area (Å²) >= 11 is 0. The molecule has 0 amide bonds. The topological polar surface area (TPSA) is 0 Å². The SMILES string of the molecule is C/C=C\c1ccccc1CCc1ccc(F)cc1. The van der Waals surface area contributed by atoms with Gasteiger partial charge in [-0.2, -0.15) is 0 Å². The monoisotopic (exact) mass is 240 g/mol. The Morgan fingerprint density at radius 1 is 0.944 bits per heavy atom. The third kappa shape index (κ3) is 3.30. The van der Waals surface area contributed by atoms with Crippen LogP contribution < -0.4 is 0 Å². The molecular formula is C17H17F. The van der Waals surface area contributed by atoms with Gasteiger partial charge in [0.15, 0.2) is 0 Å². The van der Waals surface area contributed by atoms with Gasteiger partial charge in [0.25, 0.3) is 0 Å². The van der Waals surface area contributed by atoms with Gasteiger partial charge in [-0.25, -0.2) is 4.39 Å². The molecule has 0 saturated heterocycles. The Bertz CT molecular complexity index is 524. The lowest BCUT2D eigenvalue weighted by Gasteiger charge is -2.06. The van der Waals surface area contributed by atoms with Gasteiger partial charge in [-0.15, -0.1) is 0 Å². The Balaban J connectivity index is 2.08. The Hall–Kier alpha value is -1.89. The highest BCUT2D eigenvalue weighted by Crippen LogP contribution is 2.14. The fourth-order valence-corrected chi connectivity index (χ4v) is 2.03. The molecule has 2 aromatic carbocycles. The van der Waals surface area contributed by atoms with Crippen molar-refractivity contribution < 1.29 is 4.39 Å². The molecule has 0 spiro atoms. The molecule has 92 valence electrons. The lowest BCUT2D eigenvalue weighted by Crippen LogP contribution is -1.94. The van der Waals surface area contributed by atoms with E-state index in [0.717, 1.165) is 12.8 Å². The Kier molecular flexibility index (Phi) is 4.30. The van der Waals surface area contributed by atoms with Crippen LogP contribution in [0.2, 0.25) is 0 Å². The minimum atomic E-state index is -0.173. The summed E-state index contributed by atoms with van der Waals surface area (Å²) in [5.41, 5.74) is 3.77. The van der Waals surface area contributed by atoms with Crippen LogP contribution in [0, 0.1) is 5.82 Å². The minimum absolute atomic E-state index is 0.173. The molecule has 0 fully saturated rings. The first-order valence-corrected chi connectivity index (χ1v) is 6.24. The number of rotatable bonds is 4. The van der Waals surface area contributed by atoms with E-state index in [0.29, 0.717) is 0 Å². The molecule has 18 heavy (non-hydrogen) atoms. The summed E-state index contributed by atoms with van der Waals surface area (Å²) in [6.07, 6.45) is 6.09. The van der Waals surface area contributed by atoms with E-state index in [4.69, 9.17) is 0 Å². The Labute approximate surface area is 108 Å². The summed E-state index contributed by atoms with van der Waals surface area (Å²) in [6, 6.07) is 15.1. The van der Waals surface area contributed by atoms with E-state index < -0.39 is 0 Å². The number of allylic oxidation sites excluding steroid dienone is 1. The fourth-order valence-electron chi connectivity index (χ4n) is 2.03. The molecule has 0 bridgehead atoms. The van der Waals surface area contributed by atoms with E-state index >= 15 is 0 Å². The molecule has 1 heteroatoms. The second kappa shape index (κ2) is 6.15. The summed E-state index contributed by atoms with van der Waals surface area (Å²) in [5, 5.41) is 0. The van der Waals surface area contributed by atoms with Gasteiger partial charge >= 0.3 is 0 Å². The first kappa shape index (κ1) is 12.6. The maximum atomic E-state index is 12.8. The van der Waals surface area contributed by atoms with Crippen LogP contribution in [-0.2, 0) is 12.8 Å². The predicted molar refractivity (Wildman–Crippen MR) is 75.0 cm³/mol. The van der Waals surface area contributed by atoms with Crippen LogP contribution in [0.1, 0.15) is 23.6 Å². The van der Waals surface area contributed by atoms with Crippen molar-refractivity contribution in [2.24, 2.45) is 0 Å². The maximum Gasteiger partial charge on any atom is 0.123 e. The van der Waals surface area contributed by atoms with Gasteiger partial charge in [-0.3, -0.25) is 0 Å². The van der Waals surface area contributed by atoms with Crippen molar-refractivity contribution in [2.45, 2.75) is 19.8 Å². The molecule has 0 atom stereocenters. The molecule has 0 unspecified atom stereocenters. The average molecular weight is 240 g/mol. The molecule has 0 aliphatic heterocycles. The lowest BCUT2D eigenvalue weighted by molar-refractivity contribution is 0.627. The zero-order valence-corrected chi connectivity index (χ0v) is 10.6. The predicted octanol–water partition coefficient (Wildman–Crippen LogP) is 4.64. The first-order chi connectivity index (χ1) is 8.79. The summed E-state index contributed by atoms with van der Waals surface area (Å²) in [4.78, 5) is 0. The number of hydrogen-bond acceptors (Lipinski definition) is 0. The summed E-state index contributed by atoms with van der Waals surface area (Å²) in [5.74, 6) is -0.173. The molecule has 0 N–H and O–H groups in total. The van der Waals surface area contributed by atoms with Crippen molar-refractivity contribution in [3.05, 3.63) is 77.1 Å². The molecule has 0 aromatic heterocycles. The van der Waals surface area contributed by atoms with E-state index in [9.17, 15) is 4.39 Å². The van der Waals surface area contributed by atoms with Gasteiger partial charge < -0.3 is 0 Å². The average Bonchev–Trinajstić information content (AvgIpc) is 2.40. The molecular weight excluding hydrogens is 223 g/mol.